The molecule has 2 aromatic rings. The van der Waals surface area contributed by atoms with Gasteiger partial charge in [0.15, 0.2) is 0 Å². The SMILES string of the molecule is CC[C@@H]1CCc2c(sc(NC(=O)c3c(OC)cccc3OC)c2C(N)=O)C1. The van der Waals surface area contributed by atoms with Crippen molar-refractivity contribution in [2.45, 2.75) is 32.6 Å². The van der Waals surface area contributed by atoms with Crippen molar-refractivity contribution in [3.8, 4) is 11.5 Å². The maximum atomic E-state index is 13.0. The summed E-state index contributed by atoms with van der Waals surface area (Å²) in [6.45, 7) is 2.18. The number of carbonyl (C=O) groups excluding carboxylic acids is 2. The minimum Gasteiger partial charge on any atom is -0.496 e. The van der Waals surface area contributed by atoms with E-state index in [1.807, 2.05) is 0 Å². The third kappa shape index (κ3) is 3.64. The topological polar surface area (TPSA) is 90.7 Å². The van der Waals surface area contributed by atoms with Crippen LogP contribution in [0.5, 0.6) is 11.5 Å². The molecule has 27 heavy (non-hydrogen) atoms. The molecule has 1 aliphatic carbocycles. The highest BCUT2D eigenvalue weighted by Crippen LogP contribution is 2.41. The minimum atomic E-state index is -0.509. The number of hydrogen-bond donors (Lipinski definition) is 2. The van der Waals surface area contributed by atoms with E-state index in [4.69, 9.17) is 15.2 Å². The third-order valence-electron chi connectivity index (χ3n) is 5.07. The molecule has 0 saturated heterocycles. The molecule has 1 aliphatic rings. The van der Waals surface area contributed by atoms with E-state index in [0.29, 0.717) is 28.0 Å². The Balaban J connectivity index is 1.98. The van der Waals surface area contributed by atoms with Crippen LogP contribution in [0, 0.1) is 5.92 Å². The summed E-state index contributed by atoms with van der Waals surface area (Å²) in [4.78, 5) is 26.2. The average molecular weight is 388 g/mol. The molecule has 1 atom stereocenters. The van der Waals surface area contributed by atoms with Crippen molar-refractivity contribution in [2.75, 3.05) is 19.5 Å². The number of hydrogen-bond acceptors (Lipinski definition) is 5. The van der Waals surface area contributed by atoms with E-state index in [-0.39, 0.29) is 5.56 Å². The van der Waals surface area contributed by atoms with Crippen LogP contribution in [0.1, 0.15) is 50.9 Å². The zero-order valence-corrected chi connectivity index (χ0v) is 16.6. The molecule has 3 N–H and O–H groups in total. The first-order chi connectivity index (χ1) is 13.0. The quantitative estimate of drug-likeness (QED) is 0.791. The van der Waals surface area contributed by atoms with E-state index in [1.165, 1.54) is 25.6 Å². The van der Waals surface area contributed by atoms with Gasteiger partial charge in [-0.3, -0.25) is 9.59 Å². The fraction of sp³-hybridized carbons (Fsp3) is 0.400. The molecular weight excluding hydrogens is 364 g/mol. The summed E-state index contributed by atoms with van der Waals surface area (Å²) in [5.74, 6) is 0.511. The lowest BCUT2D eigenvalue weighted by Crippen LogP contribution is -2.20. The number of ether oxygens (including phenoxy) is 2. The molecule has 0 radical (unpaired) electrons. The smallest absolute Gasteiger partial charge is 0.263 e. The Morgan fingerprint density at radius 1 is 1.22 bits per heavy atom. The third-order valence-corrected chi connectivity index (χ3v) is 6.24. The van der Waals surface area contributed by atoms with Crippen LogP contribution in [-0.4, -0.2) is 26.0 Å². The van der Waals surface area contributed by atoms with Gasteiger partial charge in [-0.1, -0.05) is 19.4 Å². The average Bonchev–Trinajstić information content (AvgIpc) is 3.03. The number of anilines is 1. The highest BCUT2D eigenvalue weighted by Gasteiger charge is 2.29. The Morgan fingerprint density at radius 3 is 2.44 bits per heavy atom. The van der Waals surface area contributed by atoms with Crippen LogP contribution >= 0.6 is 11.3 Å². The summed E-state index contributed by atoms with van der Waals surface area (Å²) in [5.41, 5.74) is 7.35. The second kappa shape index (κ2) is 8.00. The summed E-state index contributed by atoms with van der Waals surface area (Å²) in [6.07, 6.45) is 3.87. The highest BCUT2D eigenvalue weighted by molar-refractivity contribution is 7.17. The van der Waals surface area contributed by atoms with E-state index < -0.39 is 11.8 Å². The molecule has 7 heteroatoms. The number of primary amides is 1. The van der Waals surface area contributed by atoms with Gasteiger partial charge in [0, 0.05) is 4.88 Å². The van der Waals surface area contributed by atoms with Crippen LogP contribution in [0.15, 0.2) is 18.2 Å². The van der Waals surface area contributed by atoms with Crippen LogP contribution in [0.25, 0.3) is 0 Å². The summed E-state index contributed by atoms with van der Waals surface area (Å²) < 4.78 is 10.6. The predicted molar refractivity (Wildman–Crippen MR) is 106 cm³/mol. The lowest BCUT2D eigenvalue weighted by Gasteiger charge is -2.20. The van der Waals surface area contributed by atoms with Gasteiger partial charge in [-0.2, -0.15) is 0 Å². The van der Waals surface area contributed by atoms with Crippen molar-refractivity contribution in [1.29, 1.82) is 0 Å². The lowest BCUT2D eigenvalue weighted by atomic mass is 9.85. The number of nitrogens with two attached hydrogens (primary N) is 1. The molecule has 1 aromatic heterocycles. The van der Waals surface area contributed by atoms with Gasteiger partial charge in [0.25, 0.3) is 11.8 Å². The van der Waals surface area contributed by atoms with Crippen molar-refractivity contribution >= 4 is 28.2 Å². The van der Waals surface area contributed by atoms with E-state index in [1.54, 1.807) is 18.2 Å². The fourth-order valence-corrected chi connectivity index (χ4v) is 4.95. The number of amides is 2. The van der Waals surface area contributed by atoms with E-state index in [2.05, 4.69) is 12.2 Å². The predicted octanol–water partition coefficient (Wildman–Crippen LogP) is 3.63. The van der Waals surface area contributed by atoms with E-state index in [9.17, 15) is 9.59 Å². The molecule has 3 rings (SSSR count). The van der Waals surface area contributed by atoms with Gasteiger partial charge in [-0.05, 0) is 42.9 Å². The van der Waals surface area contributed by atoms with Crippen LogP contribution < -0.4 is 20.5 Å². The molecule has 0 bridgehead atoms. The monoisotopic (exact) mass is 388 g/mol. The van der Waals surface area contributed by atoms with Gasteiger partial charge in [0.05, 0.1) is 19.8 Å². The van der Waals surface area contributed by atoms with Gasteiger partial charge >= 0.3 is 0 Å². The molecule has 0 fully saturated rings. The largest absolute Gasteiger partial charge is 0.496 e. The van der Waals surface area contributed by atoms with Crippen LogP contribution in [0.3, 0.4) is 0 Å². The van der Waals surface area contributed by atoms with Gasteiger partial charge in [0.1, 0.15) is 22.1 Å². The number of methoxy groups -OCH3 is 2. The molecular formula is C20H24N2O4S. The minimum absolute atomic E-state index is 0.288. The summed E-state index contributed by atoms with van der Waals surface area (Å²) in [5, 5.41) is 3.37. The van der Waals surface area contributed by atoms with Crippen molar-refractivity contribution < 1.29 is 19.1 Å². The first-order valence-electron chi connectivity index (χ1n) is 8.96. The van der Waals surface area contributed by atoms with E-state index in [0.717, 1.165) is 36.1 Å². The Hall–Kier alpha value is -2.54. The Morgan fingerprint density at radius 2 is 1.89 bits per heavy atom. The molecule has 1 heterocycles. The molecule has 1 aromatic carbocycles. The maximum Gasteiger partial charge on any atom is 0.263 e. The van der Waals surface area contributed by atoms with Crippen molar-refractivity contribution in [3.63, 3.8) is 0 Å². The molecule has 6 nitrogen and oxygen atoms in total. The summed E-state index contributed by atoms with van der Waals surface area (Å²) in [7, 11) is 2.99. The number of thiophene rings is 1. The Bertz CT molecular complexity index is 853. The number of rotatable bonds is 6. The van der Waals surface area contributed by atoms with Crippen LogP contribution in [0.2, 0.25) is 0 Å². The lowest BCUT2D eigenvalue weighted by molar-refractivity contribution is 0.1000. The second-order valence-corrected chi connectivity index (χ2v) is 7.69. The molecule has 0 unspecified atom stereocenters. The fourth-order valence-electron chi connectivity index (χ4n) is 3.59. The van der Waals surface area contributed by atoms with Crippen molar-refractivity contribution in [1.82, 2.24) is 0 Å². The van der Waals surface area contributed by atoms with E-state index >= 15 is 0 Å². The summed E-state index contributed by atoms with van der Waals surface area (Å²) >= 11 is 1.44. The standard InChI is InChI=1S/C20H24N2O4S/c1-4-11-8-9-12-15(10-11)27-20(16(12)18(21)23)22-19(24)17-13(25-2)6-5-7-14(17)26-3/h5-7,11H,4,8-10H2,1-3H3,(H2,21,23)(H,22,24)/t11-/m1/s1. The molecule has 0 aliphatic heterocycles. The Kier molecular flexibility index (Phi) is 5.70. The maximum absolute atomic E-state index is 13.0. The van der Waals surface area contributed by atoms with Crippen molar-refractivity contribution in [3.05, 3.63) is 39.8 Å². The van der Waals surface area contributed by atoms with Crippen LogP contribution in [-0.2, 0) is 12.8 Å². The zero-order valence-electron chi connectivity index (χ0n) is 15.8. The summed E-state index contributed by atoms with van der Waals surface area (Å²) in [6, 6.07) is 5.13. The van der Waals surface area contributed by atoms with Gasteiger partial charge < -0.3 is 20.5 Å². The van der Waals surface area contributed by atoms with Gasteiger partial charge in [-0.25, -0.2) is 0 Å². The van der Waals surface area contributed by atoms with Gasteiger partial charge in [-0.15, -0.1) is 11.3 Å². The number of carbonyl (C=O) groups is 2. The molecule has 0 spiro atoms. The molecule has 0 saturated carbocycles. The Labute approximate surface area is 162 Å². The highest BCUT2D eigenvalue weighted by atomic mass is 32.1. The first kappa shape index (κ1) is 19.2. The zero-order chi connectivity index (χ0) is 19.6. The van der Waals surface area contributed by atoms with Crippen molar-refractivity contribution in [2.24, 2.45) is 11.7 Å². The molecule has 144 valence electrons. The number of fused-ring (bicyclic) bond motifs is 1. The first-order valence-corrected chi connectivity index (χ1v) is 9.78. The molecule has 2 amide bonds. The van der Waals surface area contributed by atoms with Crippen LogP contribution in [0.4, 0.5) is 5.00 Å². The second-order valence-electron chi connectivity index (χ2n) is 6.58. The number of benzene rings is 1. The number of nitrogens with one attached hydrogen (secondary N) is 1. The normalized spacial score (nSPS) is 15.7. The van der Waals surface area contributed by atoms with Gasteiger partial charge in [0.2, 0.25) is 0 Å².